The Hall–Kier alpha value is -3.21. The lowest BCUT2D eigenvalue weighted by Crippen LogP contribution is -2.20. The third-order valence-corrected chi connectivity index (χ3v) is 3.55. The number of amides is 1. The normalized spacial score (nSPS) is 10.3. The number of benzene rings is 1. The van der Waals surface area contributed by atoms with Crippen LogP contribution in [0.1, 0.15) is 15.9 Å². The number of H-pyrrole nitrogens is 1. The first-order chi connectivity index (χ1) is 11.1. The van der Waals surface area contributed by atoms with Crippen LogP contribution in [0.5, 0.6) is 0 Å². The molecule has 0 spiro atoms. The van der Waals surface area contributed by atoms with Crippen molar-refractivity contribution in [3.05, 3.63) is 82.5 Å². The molecule has 0 fully saturated rings. The molecule has 0 saturated carbocycles. The summed E-state index contributed by atoms with van der Waals surface area (Å²) in [6.07, 6.45) is 4.96. The molecule has 0 aliphatic heterocycles. The number of rotatable bonds is 3. The lowest BCUT2D eigenvalue weighted by Gasteiger charge is -2.08. The minimum absolute atomic E-state index is 0.215. The number of hydrogen-bond acceptors (Lipinski definition) is 3. The van der Waals surface area contributed by atoms with Crippen molar-refractivity contribution in [2.45, 2.75) is 6.92 Å². The zero-order valence-electron chi connectivity index (χ0n) is 12.5. The molecule has 0 aliphatic carbocycles. The van der Waals surface area contributed by atoms with Gasteiger partial charge in [-0.25, -0.2) is 0 Å². The summed E-state index contributed by atoms with van der Waals surface area (Å²) in [4.78, 5) is 30.9. The molecule has 1 aromatic carbocycles. The van der Waals surface area contributed by atoms with E-state index in [4.69, 9.17) is 0 Å². The van der Waals surface area contributed by atoms with Crippen molar-refractivity contribution >= 4 is 11.6 Å². The second kappa shape index (κ2) is 6.27. The maximum Gasteiger partial charge on any atom is 0.271 e. The lowest BCUT2D eigenvalue weighted by atomic mass is 10.1. The van der Waals surface area contributed by atoms with Crippen LogP contribution < -0.4 is 10.9 Å². The molecule has 2 heterocycles. The first-order valence-corrected chi connectivity index (χ1v) is 7.15. The number of hydrogen-bond donors (Lipinski definition) is 2. The van der Waals surface area contributed by atoms with Crippen molar-refractivity contribution in [3.8, 4) is 11.1 Å². The van der Waals surface area contributed by atoms with Gasteiger partial charge < -0.3 is 10.3 Å². The van der Waals surface area contributed by atoms with Crippen molar-refractivity contribution in [3.63, 3.8) is 0 Å². The molecule has 2 N–H and O–H groups in total. The molecule has 1 amide bonds. The molecule has 2 aromatic heterocycles. The molecule has 3 aromatic rings. The summed E-state index contributed by atoms with van der Waals surface area (Å²) in [7, 11) is 0. The summed E-state index contributed by atoms with van der Waals surface area (Å²) in [6.45, 7) is 1.85. The fraction of sp³-hybridized carbons (Fsp3) is 0.0556. The number of aromatic nitrogens is 2. The summed E-state index contributed by atoms with van der Waals surface area (Å²) < 4.78 is 0. The summed E-state index contributed by atoms with van der Waals surface area (Å²) in [5.74, 6) is -0.305. The molecular weight excluding hydrogens is 290 g/mol. The highest BCUT2D eigenvalue weighted by atomic mass is 16.2. The Bertz CT molecular complexity index is 901. The number of pyridine rings is 2. The van der Waals surface area contributed by atoms with E-state index in [2.05, 4.69) is 15.3 Å². The third kappa shape index (κ3) is 3.18. The average molecular weight is 305 g/mol. The fourth-order valence-electron chi connectivity index (χ4n) is 2.30. The third-order valence-electron chi connectivity index (χ3n) is 3.55. The number of nitrogens with zero attached hydrogens (tertiary/aromatic N) is 1. The van der Waals surface area contributed by atoms with Crippen molar-refractivity contribution in [2.24, 2.45) is 0 Å². The van der Waals surface area contributed by atoms with Crippen LogP contribution in [0.2, 0.25) is 0 Å². The van der Waals surface area contributed by atoms with Gasteiger partial charge in [-0.1, -0.05) is 18.2 Å². The Balaban J connectivity index is 1.93. The number of nitrogens with one attached hydrogen (secondary N) is 2. The van der Waals surface area contributed by atoms with Gasteiger partial charge in [0, 0.05) is 29.7 Å². The van der Waals surface area contributed by atoms with Crippen LogP contribution in [-0.4, -0.2) is 15.9 Å². The molecule has 0 bridgehead atoms. The molecule has 0 aliphatic rings. The van der Waals surface area contributed by atoms with Gasteiger partial charge in [-0.05, 0) is 42.3 Å². The molecule has 0 atom stereocenters. The van der Waals surface area contributed by atoms with E-state index in [9.17, 15) is 9.59 Å². The number of carbonyl (C=O) groups excluding carboxylic acids is 1. The van der Waals surface area contributed by atoms with E-state index in [0.29, 0.717) is 5.56 Å². The van der Waals surface area contributed by atoms with Gasteiger partial charge >= 0.3 is 0 Å². The maximum absolute atomic E-state index is 12.4. The van der Waals surface area contributed by atoms with Gasteiger partial charge in [-0.3, -0.25) is 14.6 Å². The van der Waals surface area contributed by atoms with Gasteiger partial charge in [-0.15, -0.1) is 0 Å². The van der Waals surface area contributed by atoms with Crippen molar-refractivity contribution < 1.29 is 4.79 Å². The van der Waals surface area contributed by atoms with E-state index < -0.39 is 0 Å². The monoisotopic (exact) mass is 305 g/mol. The van der Waals surface area contributed by atoms with Gasteiger partial charge in [-0.2, -0.15) is 0 Å². The van der Waals surface area contributed by atoms with E-state index in [-0.39, 0.29) is 17.2 Å². The van der Waals surface area contributed by atoms with Gasteiger partial charge in [0.05, 0.1) is 0 Å². The molecule has 0 radical (unpaired) electrons. The average Bonchev–Trinajstić information content (AvgIpc) is 2.58. The topological polar surface area (TPSA) is 74.8 Å². The smallest absolute Gasteiger partial charge is 0.271 e. The Morgan fingerprint density at radius 1 is 1.09 bits per heavy atom. The predicted molar refractivity (Wildman–Crippen MR) is 89.4 cm³/mol. The Kier molecular flexibility index (Phi) is 4.01. The molecule has 5 nitrogen and oxygen atoms in total. The van der Waals surface area contributed by atoms with E-state index in [0.717, 1.165) is 16.7 Å². The Morgan fingerprint density at radius 2 is 1.83 bits per heavy atom. The van der Waals surface area contributed by atoms with Crippen molar-refractivity contribution in [2.75, 3.05) is 5.32 Å². The number of anilines is 1. The zero-order valence-corrected chi connectivity index (χ0v) is 12.5. The molecule has 0 unspecified atom stereocenters. The van der Waals surface area contributed by atoms with Crippen LogP contribution in [-0.2, 0) is 0 Å². The second-order valence-corrected chi connectivity index (χ2v) is 5.14. The quantitative estimate of drug-likeness (QED) is 0.781. The van der Waals surface area contributed by atoms with E-state index in [1.54, 1.807) is 36.8 Å². The van der Waals surface area contributed by atoms with Crippen LogP contribution >= 0.6 is 0 Å². The first kappa shape index (κ1) is 14.7. The van der Waals surface area contributed by atoms with E-state index in [1.165, 1.54) is 0 Å². The molecule has 3 rings (SSSR count). The van der Waals surface area contributed by atoms with E-state index >= 15 is 0 Å². The van der Waals surface area contributed by atoms with Crippen LogP contribution in [0.4, 0.5) is 5.69 Å². The molecule has 23 heavy (non-hydrogen) atoms. The van der Waals surface area contributed by atoms with Crippen LogP contribution in [0.15, 0.2) is 65.8 Å². The SMILES string of the molecule is Cc1ccccc1C(=O)Nc1cc(-c2ccncc2)c[nH]c1=O. The number of aryl methyl sites for hydroxylation is 1. The van der Waals surface area contributed by atoms with Crippen molar-refractivity contribution in [1.29, 1.82) is 0 Å². The molecule has 0 saturated heterocycles. The highest BCUT2D eigenvalue weighted by Crippen LogP contribution is 2.19. The van der Waals surface area contributed by atoms with Gasteiger partial charge in [0.1, 0.15) is 5.69 Å². The fourth-order valence-corrected chi connectivity index (χ4v) is 2.30. The van der Waals surface area contributed by atoms with Gasteiger partial charge in [0.15, 0.2) is 0 Å². The molecule has 5 heteroatoms. The van der Waals surface area contributed by atoms with Gasteiger partial charge in [0.2, 0.25) is 0 Å². The first-order valence-electron chi connectivity index (χ1n) is 7.15. The summed E-state index contributed by atoms with van der Waals surface area (Å²) in [6, 6.07) is 12.6. The maximum atomic E-state index is 12.4. The highest BCUT2D eigenvalue weighted by Gasteiger charge is 2.11. The summed E-state index contributed by atoms with van der Waals surface area (Å²) in [5.41, 5.74) is 2.97. The Labute approximate surface area is 133 Å². The van der Waals surface area contributed by atoms with Crippen LogP contribution in [0, 0.1) is 6.92 Å². The molecule has 114 valence electrons. The molecular formula is C18H15N3O2. The lowest BCUT2D eigenvalue weighted by molar-refractivity contribution is 0.102. The highest BCUT2D eigenvalue weighted by molar-refractivity contribution is 6.05. The van der Waals surface area contributed by atoms with Crippen molar-refractivity contribution in [1.82, 2.24) is 9.97 Å². The standard InChI is InChI=1S/C18H15N3O2/c1-12-4-2-3-5-15(12)17(22)21-16-10-14(11-20-18(16)23)13-6-8-19-9-7-13/h2-11H,1H3,(H,20,23)(H,21,22). The van der Waals surface area contributed by atoms with Crippen LogP contribution in [0.3, 0.4) is 0 Å². The zero-order chi connectivity index (χ0) is 16.2. The van der Waals surface area contributed by atoms with Crippen LogP contribution in [0.25, 0.3) is 11.1 Å². The predicted octanol–water partition coefficient (Wildman–Crippen LogP) is 3.00. The summed E-state index contributed by atoms with van der Waals surface area (Å²) in [5, 5.41) is 2.68. The van der Waals surface area contributed by atoms with E-state index in [1.807, 2.05) is 31.2 Å². The second-order valence-electron chi connectivity index (χ2n) is 5.14. The Morgan fingerprint density at radius 3 is 2.57 bits per heavy atom. The van der Waals surface area contributed by atoms with Gasteiger partial charge in [0.25, 0.3) is 11.5 Å². The minimum Gasteiger partial charge on any atom is -0.327 e. The minimum atomic E-state index is -0.343. The summed E-state index contributed by atoms with van der Waals surface area (Å²) >= 11 is 0. The number of aromatic amines is 1. The largest absolute Gasteiger partial charge is 0.327 e. The number of carbonyl (C=O) groups is 1.